The lowest BCUT2D eigenvalue weighted by molar-refractivity contribution is 0.0586. The number of aryl methyl sites for hydroxylation is 2. The van der Waals surface area contributed by atoms with Crippen LogP contribution in [0.3, 0.4) is 0 Å². The van der Waals surface area contributed by atoms with E-state index in [2.05, 4.69) is 9.97 Å². The summed E-state index contributed by atoms with van der Waals surface area (Å²) in [5.41, 5.74) is 3.32. The maximum Gasteiger partial charge on any atom is 0.354 e. The molecule has 2 aromatic carbocycles. The molecule has 4 rings (SSSR count). The van der Waals surface area contributed by atoms with Crippen molar-refractivity contribution in [2.24, 2.45) is 0 Å². The van der Waals surface area contributed by atoms with E-state index in [1.54, 1.807) is 38.1 Å². The molecule has 0 saturated carbocycles. The molecule has 0 fully saturated rings. The SMILES string of the molecule is COC(=O)c1cc2c(C)c(C(=O)OC)cc(OCCCOc3cc(C(=O)OC)c(C)c4cc(C(=O)OC)[nH]c34)c2[nH]1. The van der Waals surface area contributed by atoms with Crippen molar-refractivity contribution >= 4 is 45.7 Å². The van der Waals surface area contributed by atoms with Crippen molar-refractivity contribution in [3.8, 4) is 11.5 Å². The van der Waals surface area contributed by atoms with E-state index in [1.807, 2.05) is 0 Å². The van der Waals surface area contributed by atoms with Gasteiger partial charge >= 0.3 is 23.9 Å². The number of methoxy groups -OCH3 is 4. The second kappa shape index (κ2) is 12.0. The highest BCUT2D eigenvalue weighted by atomic mass is 16.5. The fourth-order valence-corrected chi connectivity index (χ4v) is 4.54. The Kier molecular flexibility index (Phi) is 8.51. The highest BCUT2D eigenvalue weighted by molar-refractivity contribution is 6.04. The fourth-order valence-electron chi connectivity index (χ4n) is 4.54. The maximum atomic E-state index is 12.4. The van der Waals surface area contributed by atoms with Gasteiger partial charge in [0.05, 0.1) is 63.8 Å². The van der Waals surface area contributed by atoms with Gasteiger partial charge in [0.1, 0.15) is 22.9 Å². The summed E-state index contributed by atoms with van der Waals surface area (Å²) >= 11 is 0. The van der Waals surface area contributed by atoms with Gasteiger partial charge in [-0.3, -0.25) is 0 Å². The Balaban J connectivity index is 1.56. The van der Waals surface area contributed by atoms with Gasteiger partial charge in [0.25, 0.3) is 0 Å². The van der Waals surface area contributed by atoms with Crippen molar-refractivity contribution in [3.05, 3.63) is 57.9 Å². The van der Waals surface area contributed by atoms with Crippen molar-refractivity contribution in [1.29, 1.82) is 0 Å². The number of rotatable bonds is 10. The molecule has 0 aliphatic heterocycles. The molecule has 0 bridgehead atoms. The molecule has 2 heterocycles. The molecule has 4 aromatic rings. The van der Waals surface area contributed by atoms with E-state index < -0.39 is 23.9 Å². The van der Waals surface area contributed by atoms with Crippen LogP contribution in [-0.2, 0) is 18.9 Å². The van der Waals surface area contributed by atoms with E-state index in [9.17, 15) is 19.2 Å². The van der Waals surface area contributed by atoms with Crippen LogP contribution >= 0.6 is 0 Å². The molecule has 0 radical (unpaired) electrons. The number of aromatic amines is 2. The van der Waals surface area contributed by atoms with Crippen molar-refractivity contribution in [2.75, 3.05) is 41.7 Å². The minimum atomic E-state index is -0.560. The molecule has 2 N–H and O–H groups in total. The van der Waals surface area contributed by atoms with Crippen LogP contribution < -0.4 is 9.47 Å². The van der Waals surface area contributed by atoms with Crippen LogP contribution in [0, 0.1) is 13.8 Å². The topological polar surface area (TPSA) is 155 Å². The van der Waals surface area contributed by atoms with Crippen molar-refractivity contribution in [1.82, 2.24) is 9.97 Å². The van der Waals surface area contributed by atoms with Gasteiger partial charge in [-0.05, 0) is 49.2 Å². The van der Waals surface area contributed by atoms with Gasteiger partial charge < -0.3 is 38.4 Å². The van der Waals surface area contributed by atoms with Crippen molar-refractivity contribution < 1.29 is 47.6 Å². The van der Waals surface area contributed by atoms with Gasteiger partial charge in [0, 0.05) is 17.2 Å². The van der Waals surface area contributed by atoms with Crippen LogP contribution in [0.5, 0.6) is 11.5 Å². The number of ether oxygens (including phenoxy) is 6. The number of nitrogens with one attached hydrogen (secondary N) is 2. The highest BCUT2D eigenvalue weighted by Gasteiger charge is 2.22. The molecule has 12 heteroatoms. The van der Waals surface area contributed by atoms with Crippen molar-refractivity contribution in [2.45, 2.75) is 20.3 Å². The molecule has 0 amide bonds. The van der Waals surface area contributed by atoms with E-state index in [-0.39, 0.29) is 24.6 Å². The molecule has 0 spiro atoms. The van der Waals surface area contributed by atoms with E-state index in [0.717, 1.165) is 0 Å². The first-order valence-corrected chi connectivity index (χ1v) is 12.6. The lowest BCUT2D eigenvalue weighted by Crippen LogP contribution is -2.09. The van der Waals surface area contributed by atoms with Crippen LogP contribution in [0.4, 0.5) is 0 Å². The van der Waals surface area contributed by atoms with Gasteiger partial charge in [-0.1, -0.05) is 0 Å². The third-order valence-electron chi connectivity index (χ3n) is 6.72. The monoisotopic (exact) mass is 566 g/mol. The Hall–Kier alpha value is -5.00. The van der Waals surface area contributed by atoms with E-state index in [4.69, 9.17) is 28.4 Å². The minimum Gasteiger partial charge on any atom is -0.491 e. The predicted molar refractivity (Wildman–Crippen MR) is 147 cm³/mol. The molecule has 0 aliphatic carbocycles. The van der Waals surface area contributed by atoms with Gasteiger partial charge in [-0.15, -0.1) is 0 Å². The Morgan fingerprint density at radius 3 is 1.29 bits per heavy atom. The lowest BCUT2D eigenvalue weighted by Gasteiger charge is -2.13. The van der Waals surface area contributed by atoms with Crippen molar-refractivity contribution in [3.63, 3.8) is 0 Å². The Morgan fingerprint density at radius 1 is 0.585 bits per heavy atom. The summed E-state index contributed by atoms with van der Waals surface area (Å²) in [6.45, 7) is 3.86. The molecule has 0 saturated heterocycles. The summed E-state index contributed by atoms with van der Waals surface area (Å²) in [7, 11) is 5.12. The highest BCUT2D eigenvalue weighted by Crippen LogP contribution is 2.34. The quantitative estimate of drug-likeness (QED) is 0.162. The molecule has 2 aromatic heterocycles. The number of hydrogen-bond acceptors (Lipinski definition) is 10. The minimum absolute atomic E-state index is 0.183. The van der Waals surface area contributed by atoms with Crippen LogP contribution in [0.25, 0.3) is 21.8 Å². The first-order valence-electron chi connectivity index (χ1n) is 12.6. The summed E-state index contributed by atoms with van der Waals surface area (Å²) in [6, 6.07) is 6.31. The van der Waals surface area contributed by atoms with Crippen LogP contribution in [0.1, 0.15) is 59.2 Å². The molecule has 216 valence electrons. The van der Waals surface area contributed by atoms with E-state index in [1.165, 1.54) is 28.4 Å². The Labute approximate surface area is 234 Å². The average molecular weight is 567 g/mol. The van der Waals surface area contributed by atoms with Gasteiger partial charge in [0.2, 0.25) is 0 Å². The number of benzene rings is 2. The predicted octanol–water partition coefficient (Wildman–Crippen LogP) is 4.26. The van der Waals surface area contributed by atoms with Gasteiger partial charge in [-0.2, -0.15) is 0 Å². The largest absolute Gasteiger partial charge is 0.491 e. The first-order chi connectivity index (χ1) is 19.6. The van der Waals surface area contributed by atoms with E-state index in [0.29, 0.717) is 62.0 Å². The summed E-state index contributed by atoms with van der Waals surface area (Å²) < 4.78 is 31.4. The molecule has 0 unspecified atom stereocenters. The molecular weight excluding hydrogens is 536 g/mol. The summed E-state index contributed by atoms with van der Waals surface area (Å²) in [6.07, 6.45) is 0.404. The number of carbonyl (C=O) groups excluding carboxylic acids is 4. The second-order valence-electron chi connectivity index (χ2n) is 9.05. The van der Waals surface area contributed by atoms with Crippen LogP contribution in [0.2, 0.25) is 0 Å². The lowest BCUT2D eigenvalue weighted by atomic mass is 10.0. The Morgan fingerprint density at radius 2 is 0.951 bits per heavy atom. The zero-order chi connectivity index (χ0) is 29.8. The molecule has 12 nitrogen and oxygen atoms in total. The standard InChI is InChI=1S/C29H30N2O10/c1-14-16-10-20(28(34)38-5)30-24(16)22(12-18(14)26(32)36-3)40-8-7-9-41-23-13-19(27(33)37-4)15(2)17-11-21(29(35)39-6)31-25(17)23/h10-13,30-31H,7-9H2,1-6H3. The summed E-state index contributed by atoms with van der Waals surface area (Å²) in [5.74, 6) is -1.51. The average Bonchev–Trinajstić information content (AvgIpc) is 3.64. The fraction of sp³-hybridized carbons (Fsp3) is 0.310. The third-order valence-corrected chi connectivity index (χ3v) is 6.72. The first kappa shape index (κ1) is 29.0. The maximum absolute atomic E-state index is 12.4. The number of aromatic nitrogens is 2. The smallest absolute Gasteiger partial charge is 0.354 e. The zero-order valence-electron chi connectivity index (χ0n) is 23.5. The van der Waals surface area contributed by atoms with Crippen LogP contribution in [-0.4, -0.2) is 75.5 Å². The van der Waals surface area contributed by atoms with Crippen LogP contribution in [0.15, 0.2) is 24.3 Å². The molecule has 41 heavy (non-hydrogen) atoms. The number of carbonyl (C=O) groups is 4. The van der Waals surface area contributed by atoms with E-state index >= 15 is 0 Å². The Bertz CT molecular complexity index is 1540. The summed E-state index contributed by atoms with van der Waals surface area (Å²) in [5, 5.41) is 1.23. The molecular formula is C29H30N2O10. The third kappa shape index (κ3) is 5.53. The molecule has 0 atom stereocenters. The number of esters is 4. The molecule has 0 aliphatic rings. The number of hydrogen-bond donors (Lipinski definition) is 2. The zero-order valence-corrected chi connectivity index (χ0v) is 23.5. The number of H-pyrrole nitrogens is 2. The van der Waals surface area contributed by atoms with Gasteiger partial charge in [0.15, 0.2) is 0 Å². The van der Waals surface area contributed by atoms with Gasteiger partial charge in [-0.25, -0.2) is 19.2 Å². The number of fused-ring (bicyclic) bond motifs is 2. The summed E-state index contributed by atoms with van der Waals surface area (Å²) in [4.78, 5) is 55.0. The second-order valence-corrected chi connectivity index (χ2v) is 9.05. The normalized spacial score (nSPS) is 10.9.